The number of carbonyl (C=O) groups excluding carboxylic acids is 1. The molecule has 1 heterocycles. The molecule has 162 valence electrons. The standard InChI is InChI=1S/C22H28N4O3.HI/c1-4-23-22(24-14-16-10-11-19(28-2)20(12-16)29-3)25-17-13-21(27)26(15-17)18-8-6-5-7-9-18;/h5-12,17H,4,13-15H2,1-3H3,(H2,23,24,25);1H. The van der Waals surface area contributed by atoms with Gasteiger partial charge in [0.15, 0.2) is 17.5 Å². The lowest BCUT2D eigenvalue weighted by atomic mass is 10.2. The van der Waals surface area contributed by atoms with E-state index in [0.29, 0.717) is 37.0 Å². The van der Waals surface area contributed by atoms with Gasteiger partial charge in [-0.2, -0.15) is 0 Å². The number of benzene rings is 2. The minimum absolute atomic E-state index is 0. The Bertz CT molecular complexity index is 861. The zero-order valence-corrected chi connectivity index (χ0v) is 19.9. The fourth-order valence-electron chi connectivity index (χ4n) is 3.32. The Morgan fingerprint density at radius 2 is 1.87 bits per heavy atom. The monoisotopic (exact) mass is 524 g/mol. The average molecular weight is 524 g/mol. The number of nitrogens with zero attached hydrogens (tertiary/aromatic N) is 2. The van der Waals surface area contributed by atoms with Crippen molar-refractivity contribution in [1.82, 2.24) is 10.6 Å². The molecule has 0 saturated carbocycles. The smallest absolute Gasteiger partial charge is 0.229 e. The first-order valence-corrected chi connectivity index (χ1v) is 9.75. The number of rotatable bonds is 7. The van der Waals surface area contributed by atoms with Gasteiger partial charge in [-0.05, 0) is 36.8 Å². The summed E-state index contributed by atoms with van der Waals surface area (Å²) in [6, 6.07) is 15.5. The van der Waals surface area contributed by atoms with E-state index in [-0.39, 0.29) is 35.9 Å². The number of amides is 1. The molecule has 1 saturated heterocycles. The SMILES string of the molecule is CCNC(=NCc1ccc(OC)c(OC)c1)NC1CC(=O)N(c2ccccc2)C1.I. The van der Waals surface area contributed by atoms with Crippen LogP contribution in [0.1, 0.15) is 18.9 Å². The first-order valence-electron chi connectivity index (χ1n) is 9.75. The van der Waals surface area contributed by atoms with E-state index in [1.807, 2.05) is 60.4 Å². The third-order valence-corrected chi connectivity index (χ3v) is 4.75. The van der Waals surface area contributed by atoms with Crippen LogP contribution in [0.25, 0.3) is 0 Å². The topological polar surface area (TPSA) is 75.2 Å². The van der Waals surface area contributed by atoms with Gasteiger partial charge in [0.1, 0.15) is 0 Å². The zero-order valence-electron chi connectivity index (χ0n) is 17.6. The Hall–Kier alpha value is -2.49. The van der Waals surface area contributed by atoms with Crippen molar-refractivity contribution >= 4 is 41.5 Å². The van der Waals surface area contributed by atoms with Gasteiger partial charge in [0, 0.05) is 25.2 Å². The molecule has 7 nitrogen and oxygen atoms in total. The van der Waals surface area contributed by atoms with Crippen LogP contribution >= 0.6 is 24.0 Å². The van der Waals surface area contributed by atoms with Crippen molar-refractivity contribution < 1.29 is 14.3 Å². The molecule has 3 rings (SSSR count). The third kappa shape index (κ3) is 6.01. The average Bonchev–Trinajstić information content (AvgIpc) is 3.12. The van der Waals surface area contributed by atoms with Crippen molar-refractivity contribution in [1.29, 1.82) is 0 Å². The Kier molecular flexibility index (Phi) is 9.22. The molecule has 2 aromatic carbocycles. The van der Waals surface area contributed by atoms with Gasteiger partial charge in [-0.25, -0.2) is 4.99 Å². The number of aliphatic imine (C=N–C) groups is 1. The summed E-state index contributed by atoms with van der Waals surface area (Å²) in [5, 5.41) is 6.64. The molecular formula is C22H29IN4O3. The summed E-state index contributed by atoms with van der Waals surface area (Å²) >= 11 is 0. The van der Waals surface area contributed by atoms with Gasteiger partial charge in [-0.3, -0.25) is 4.79 Å². The van der Waals surface area contributed by atoms with Gasteiger partial charge >= 0.3 is 0 Å². The maximum Gasteiger partial charge on any atom is 0.229 e. The predicted molar refractivity (Wildman–Crippen MR) is 130 cm³/mol. The molecule has 1 fully saturated rings. The summed E-state index contributed by atoms with van der Waals surface area (Å²) in [7, 11) is 3.23. The first-order chi connectivity index (χ1) is 14.1. The maximum atomic E-state index is 12.4. The number of guanidine groups is 1. The van der Waals surface area contributed by atoms with Crippen molar-refractivity contribution in [2.24, 2.45) is 4.99 Å². The molecule has 2 aromatic rings. The van der Waals surface area contributed by atoms with Crippen LogP contribution in [0.4, 0.5) is 5.69 Å². The zero-order chi connectivity index (χ0) is 20.6. The molecular weight excluding hydrogens is 495 g/mol. The molecule has 0 spiro atoms. The summed E-state index contributed by atoms with van der Waals surface area (Å²) in [5.74, 6) is 2.17. The molecule has 1 aliphatic rings. The normalized spacial score (nSPS) is 16.1. The van der Waals surface area contributed by atoms with Crippen LogP contribution in [0.15, 0.2) is 53.5 Å². The maximum absolute atomic E-state index is 12.4. The van der Waals surface area contributed by atoms with Crippen molar-refractivity contribution in [2.75, 3.05) is 32.2 Å². The van der Waals surface area contributed by atoms with Crippen LogP contribution in [-0.4, -0.2) is 45.2 Å². The lowest BCUT2D eigenvalue weighted by Crippen LogP contribution is -2.44. The summed E-state index contributed by atoms with van der Waals surface area (Å²) in [4.78, 5) is 18.9. The fourth-order valence-corrected chi connectivity index (χ4v) is 3.32. The second-order valence-electron chi connectivity index (χ2n) is 6.77. The number of ether oxygens (including phenoxy) is 2. The predicted octanol–water partition coefficient (Wildman–Crippen LogP) is 3.18. The number of hydrogen-bond acceptors (Lipinski definition) is 4. The van der Waals surface area contributed by atoms with Crippen molar-refractivity contribution in [3.63, 3.8) is 0 Å². The highest BCUT2D eigenvalue weighted by Gasteiger charge is 2.31. The number of carbonyl (C=O) groups is 1. The van der Waals surface area contributed by atoms with E-state index in [9.17, 15) is 4.79 Å². The number of methoxy groups -OCH3 is 2. The Morgan fingerprint density at radius 3 is 2.53 bits per heavy atom. The van der Waals surface area contributed by atoms with E-state index in [1.54, 1.807) is 14.2 Å². The van der Waals surface area contributed by atoms with Crippen molar-refractivity contribution in [3.05, 3.63) is 54.1 Å². The Morgan fingerprint density at radius 1 is 1.13 bits per heavy atom. The lowest BCUT2D eigenvalue weighted by Gasteiger charge is -2.19. The van der Waals surface area contributed by atoms with E-state index in [1.165, 1.54) is 0 Å². The highest BCUT2D eigenvalue weighted by atomic mass is 127. The quantitative estimate of drug-likeness (QED) is 0.331. The summed E-state index contributed by atoms with van der Waals surface area (Å²) in [6.45, 7) is 3.85. The summed E-state index contributed by atoms with van der Waals surface area (Å²) < 4.78 is 10.6. The van der Waals surface area contributed by atoms with E-state index in [0.717, 1.165) is 17.8 Å². The number of para-hydroxylation sites is 1. The molecule has 0 bridgehead atoms. The van der Waals surface area contributed by atoms with Crippen LogP contribution in [0, 0.1) is 0 Å². The van der Waals surface area contributed by atoms with Gasteiger partial charge in [-0.1, -0.05) is 24.3 Å². The van der Waals surface area contributed by atoms with E-state index < -0.39 is 0 Å². The molecule has 8 heteroatoms. The Balaban J connectivity index is 0.00000320. The molecule has 1 amide bonds. The van der Waals surface area contributed by atoms with Crippen LogP contribution in [0.2, 0.25) is 0 Å². The largest absolute Gasteiger partial charge is 0.493 e. The van der Waals surface area contributed by atoms with Crippen LogP contribution in [0.5, 0.6) is 11.5 Å². The minimum Gasteiger partial charge on any atom is -0.493 e. The molecule has 1 unspecified atom stereocenters. The number of nitrogens with one attached hydrogen (secondary N) is 2. The fraction of sp³-hybridized carbons (Fsp3) is 0.364. The van der Waals surface area contributed by atoms with Crippen molar-refractivity contribution in [3.8, 4) is 11.5 Å². The molecule has 30 heavy (non-hydrogen) atoms. The molecule has 0 aliphatic carbocycles. The summed E-state index contributed by atoms with van der Waals surface area (Å²) in [6.07, 6.45) is 0.440. The van der Waals surface area contributed by atoms with Crippen LogP contribution < -0.4 is 25.0 Å². The van der Waals surface area contributed by atoms with E-state index >= 15 is 0 Å². The summed E-state index contributed by atoms with van der Waals surface area (Å²) in [5.41, 5.74) is 1.93. The van der Waals surface area contributed by atoms with Gasteiger partial charge in [-0.15, -0.1) is 24.0 Å². The van der Waals surface area contributed by atoms with Crippen LogP contribution in [0.3, 0.4) is 0 Å². The number of anilines is 1. The lowest BCUT2D eigenvalue weighted by molar-refractivity contribution is -0.117. The molecule has 2 N–H and O–H groups in total. The highest BCUT2D eigenvalue weighted by Crippen LogP contribution is 2.27. The number of hydrogen-bond donors (Lipinski definition) is 2. The molecule has 0 radical (unpaired) electrons. The second-order valence-corrected chi connectivity index (χ2v) is 6.77. The van der Waals surface area contributed by atoms with Gasteiger partial charge in [0.05, 0.1) is 26.8 Å². The number of halogens is 1. The third-order valence-electron chi connectivity index (χ3n) is 4.75. The van der Waals surface area contributed by atoms with Gasteiger partial charge in [0.2, 0.25) is 5.91 Å². The van der Waals surface area contributed by atoms with Gasteiger partial charge in [0.25, 0.3) is 0 Å². The minimum atomic E-state index is 0. The van der Waals surface area contributed by atoms with Gasteiger partial charge < -0.3 is 25.0 Å². The van der Waals surface area contributed by atoms with E-state index in [4.69, 9.17) is 9.47 Å². The van der Waals surface area contributed by atoms with E-state index in [2.05, 4.69) is 15.6 Å². The molecule has 0 aromatic heterocycles. The second kappa shape index (κ2) is 11.6. The van der Waals surface area contributed by atoms with Crippen molar-refractivity contribution in [2.45, 2.75) is 25.9 Å². The molecule has 1 aliphatic heterocycles. The first kappa shape index (κ1) is 23.8. The molecule has 1 atom stereocenters. The van der Waals surface area contributed by atoms with Crippen LogP contribution in [-0.2, 0) is 11.3 Å². The Labute approximate surface area is 194 Å². The highest BCUT2D eigenvalue weighted by molar-refractivity contribution is 14.0.